The maximum atomic E-state index is 10.5. The highest BCUT2D eigenvalue weighted by molar-refractivity contribution is 7.81. The molecule has 0 aromatic heterocycles. The molecule has 2 unspecified atom stereocenters. The molecule has 0 saturated heterocycles. The number of nitrogens with one attached hydrogen (secondary N) is 2. The van der Waals surface area contributed by atoms with Crippen LogP contribution in [0.4, 0.5) is 0 Å². The number of rotatable bonds is 5. The highest BCUT2D eigenvalue weighted by Crippen LogP contribution is 1.89. The van der Waals surface area contributed by atoms with Crippen LogP contribution in [-0.2, 0) is 9.53 Å². The molecule has 0 saturated carbocycles. The second-order valence-corrected chi connectivity index (χ2v) is 2.85. The summed E-state index contributed by atoms with van der Waals surface area (Å²) in [5.41, 5.74) is 0. The Bertz CT molecular complexity index is 127. The molecule has 13 heavy (non-hydrogen) atoms. The molecule has 0 radical (unpaired) electrons. The number of methoxy groups -OCH3 is 1. The first-order valence-electron chi connectivity index (χ1n) is 4.12. The van der Waals surface area contributed by atoms with Gasteiger partial charge < -0.3 is 10.1 Å². The van der Waals surface area contributed by atoms with E-state index in [1.807, 2.05) is 13.8 Å². The first-order valence-corrected chi connectivity index (χ1v) is 5.21. The van der Waals surface area contributed by atoms with Crippen LogP contribution >= 0.6 is 22.0 Å². The Kier molecular flexibility index (Phi) is 14.6. The van der Waals surface area contributed by atoms with E-state index in [0.29, 0.717) is 6.54 Å². The van der Waals surface area contributed by atoms with Gasteiger partial charge in [0.1, 0.15) is 0 Å². The summed E-state index contributed by atoms with van der Waals surface area (Å²) < 4.78 is 4.41. The molecule has 0 fully saturated rings. The molecule has 2 N–H and O–H groups in total. The van der Waals surface area contributed by atoms with Gasteiger partial charge in [0, 0.05) is 6.54 Å². The van der Waals surface area contributed by atoms with E-state index in [4.69, 9.17) is 0 Å². The number of thiol groups is 1. The Morgan fingerprint density at radius 3 is 2.54 bits per heavy atom. The van der Waals surface area contributed by atoms with E-state index in [2.05, 4.69) is 37.2 Å². The van der Waals surface area contributed by atoms with Crippen molar-refractivity contribution in [3.8, 4) is 0 Å². The zero-order valence-corrected chi connectivity index (χ0v) is 10.4. The van der Waals surface area contributed by atoms with Crippen molar-refractivity contribution in [3.63, 3.8) is 0 Å². The number of carbonyl (C=O) groups is 1. The summed E-state index contributed by atoms with van der Waals surface area (Å²) in [5, 5.41) is 5.72. The van der Waals surface area contributed by atoms with Crippen LogP contribution in [0.3, 0.4) is 0 Å². The standard InChI is InChI=1S/C5H13N2O2PS.C2H6/c1-9-5(8)3-6-2-4(11)7-10;1-2/h4,6-7,11H,2-3,10H2,1H3;1-2H3. The number of carbonyl (C=O) groups excluding carboxylic acids is 1. The number of hydrogen-bond donors (Lipinski definition) is 3. The minimum Gasteiger partial charge on any atom is -0.468 e. The third-order valence-corrected chi connectivity index (χ3v) is 2.04. The Labute approximate surface area is 87.9 Å². The molecule has 0 heterocycles. The fourth-order valence-corrected chi connectivity index (χ4v) is 0.689. The van der Waals surface area contributed by atoms with E-state index in [0.717, 1.165) is 0 Å². The minimum absolute atomic E-state index is 0.0321. The second-order valence-electron chi connectivity index (χ2n) is 1.89. The molecule has 80 valence electrons. The van der Waals surface area contributed by atoms with Gasteiger partial charge in [0.15, 0.2) is 0 Å². The second kappa shape index (κ2) is 12.2. The summed E-state index contributed by atoms with van der Waals surface area (Å²) in [5.74, 6) is -0.269. The Balaban J connectivity index is 0. The maximum Gasteiger partial charge on any atom is 0.319 e. The molecule has 4 nitrogen and oxygen atoms in total. The molecule has 0 rings (SSSR count). The van der Waals surface area contributed by atoms with Crippen molar-refractivity contribution in [1.82, 2.24) is 10.4 Å². The normalized spacial score (nSPS) is 11.2. The third kappa shape index (κ3) is 12.2. The number of esters is 1. The predicted molar refractivity (Wildman–Crippen MR) is 61.9 cm³/mol. The van der Waals surface area contributed by atoms with Crippen LogP contribution in [0.1, 0.15) is 13.8 Å². The van der Waals surface area contributed by atoms with Crippen molar-refractivity contribution < 1.29 is 9.53 Å². The summed E-state index contributed by atoms with van der Waals surface area (Å²) >= 11 is 4.12. The first kappa shape index (κ1) is 15.6. The highest BCUT2D eigenvalue weighted by Gasteiger charge is 2.01. The topological polar surface area (TPSA) is 50.4 Å². The van der Waals surface area contributed by atoms with Crippen molar-refractivity contribution in [1.29, 1.82) is 0 Å². The molecular formula is C7H19N2O2PS. The van der Waals surface area contributed by atoms with Crippen LogP contribution in [0, 0.1) is 0 Å². The lowest BCUT2D eigenvalue weighted by Gasteiger charge is -2.08. The maximum absolute atomic E-state index is 10.5. The molecule has 0 aromatic rings. The molecule has 0 aliphatic carbocycles. The lowest BCUT2D eigenvalue weighted by atomic mass is 10.6. The van der Waals surface area contributed by atoms with E-state index in [-0.39, 0.29) is 17.9 Å². The summed E-state index contributed by atoms with van der Waals surface area (Å²) in [6, 6.07) is 0. The molecule has 0 spiro atoms. The average Bonchev–Trinajstić information content (AvgIpc) is 2.20. The minimum atomic E-state index is -0.269. The van der Waals surface area contributed by atoms with E-state index >= 15 is 0 Å². The lowest BCUT2D eigenvalue weighted by molar-refractivity contribution is -0.139. The Morgan fingerprint density at radius 2 is 2.15 bits per heavy atom. The summed E-state index contributed by atoms with van der Waals surface area (Å²) in [6.07, 6.45) is 0. The van der Waals surface area contributed by atoms with Gasteiger partial charge in [0.05, 0.1) is 19.0 Å². The van der Waals surface area contributed by atoms with E-state index in [1.165, 1.54) is 7.11 Å². The average molecular weight is 226 g/mol. The van der Waals surface area contributed by atoms with Crippen LogP contribution in [0.15, 0.2) is 0 Å². The predicted octanol–water partition coefficient (Wildman–Crippen LogP) is 0.411. The smallest absolute Gasteiger partial charge is 0.319 e. The fourth-order valence-electron chi connectivity index (χ4n) is 0.442. The summed E-state index contributed by atoms with van der Waals surface area (Å²) in [6.45, 7) is 4.83. The zero-order chi connectivity index (χ0) is 10.7. The SMILES string of the molecule is CC.COC(=O)CNCC(S)NP. The Hall–Kier alpha value is 0.170. The monoisotopic (exact) mass is 226 g/mol. The molecule has 6 heteroatoms. The molecule has 0 aliphatic heterocycles. The van der Waals surface area contributed by atoms with Gasteiger partial charge >= 0.3 is 5.97 Å². The van der Waals surface area contributed by atoms with Gasteiger partial charge in [0.2, 0.25) is 0 Å². The van der Waals surface area contributed by atoms with E-state index < -0.39 is 0 Å². The quantitative estimate of drug-likeness (QED) is 0.275. The van der Waals surface area contributed by atoms with Crippen LogP contribution in [-0.4, -0.2) is 31.5 Å². The molecule has 0 bridgehead atoms. The van der Waals surface area contributed by atoms with Gasteiger partial charge in [0.25, 0.3) is 0 Å². The number of hydrogen-bond acceptors (Lipinski definition) is 5. The highest BCUT2D eigenvalue weighted by atomic mass is 32.1. The van der Waals surface area contributed by atoms with Crippen molar-refractivity contribution >= 4 is 28.0 Å². The van der Waals surface area contributed by atoms with E-state index in [9.17, 15) is 4.79 Å². The third-order valence-electron chi connectivity index (χ3n) is 1.03. The van der Waals surface area contributed by atoms with Gasteiger partial charge in [-0.3, -0.25) is 9.88 Å². The van der Waals surface area contributed by atoms with Crippen molar-refractivity contribution in [3.05, 3.63) is 0 Å². The largest absolute Gasteiger partial charge is 0.468 e. The van der Waals surface area contributed by atoms with Crippen molar-refractivity contribution in [2.45, 2.75) is 19.2 Å². The van der Waals surface area contributed by atoms with Gasteiger partial charge in [-0.1, -0.05) is 23.2 Å². The zero-order valence-electron chi connectivity index (χ0n) is 8.33. The molecule has 0 aliphatic rings. The van der Waals surface area contributed by atoms with Crippen LogP contribution in [0.2, 0.25) is 0 Å². The first-order chi connectivity index (χ1) is 6.20. The molecule has 0 amide bonds. The lowest BCUT2D eigenvalue weighted by Crippen LogP contribution is -2.33. The van der Waals surface area contributed by atoms with Crippen molar-refractivity contribution in [2.75, 3.05) is 20.2 Å². The van der Waals surface area contributed by atoms with Gasteiger partial charge in [-0.25, -0.2) is 0 Å². The van der Waals surface area contributed by atoms with E-state index in [1.54, 1.807) is 0 Å². The van der Waals surface area contributed by atoms with Gasteiger partial charge in [-0.2, -0.15) is 12.6 Å². The van der Waals surface area contributed by atoms with Crippen LogP contribution < -0.4 is 10.4 Å². The fraction of sp³-hybridized carbons (Fsp3) is 0.857. The molecule has 0 aromatic carbocycles. The van der Waals surface area contributed by atoms with Crippen molar-refractivity contribution in [2.24, 2.45) is 0 Å². The Morgan fingerprint density at radius 1 is 1.62 bits per heavy atom. The van der Waals surface area contributed by atoms with Gasteiger partial charge in [-0.05, 0) is 0 Å². The van der Waals surface area contributed by atoms with Gasteiger partial charge in [-0.15, -0.1) is 0 Å². The van der Waals surface area contributed by atoms with Crippen LogP contribution in [0.5, 0.6) is 0 Å². The summed E-state index contributed by atoms with van der Waals surface area (Å²) in [7, 11) is 3.70. The number of ether oxygens (including phenoxy) is 1. The molecule has 2 atom stereocenters. The summed E-state index contributed by atoms with van der Waals surface area (Å²) in [4.78, 5) is 10.5. The molecular weight excluding hydrogens is 207 g/mol. The van der Waals surface area contributed by atoms with Crippen LogP contribution in [0.25, 0.3) is 0 Å².